The second kappa shape index (κ2) is 5.29. The molecule has 6 N–H and O–H groups in total. The molecule has 0 rings (SSSR count). The standard InChI is InChI=1S/C3H8N2O3.H2O/c4-3(8)5(1-6)2-7;/h6-7H,1-2H2,(H2,4,8);1H2. The maximum absolute atomic E-state index is 9.99. The van der Waals surface area contributed by atoms with Crippen LogP contribution in [0.1, 0.15) is 0 Å². The Labute approximate surface area is 51.8 Å². The van der Waals surface area contributed by atoms with Gasteiger partial charge in [0.25, 0.3) is 0 Å². The fourth-order valence-electron chi connectivity index (χ4n) is 0.184. The largest absolute Gasteiger partial charge is 0.412 e. The van der Waals surface area contributed by atoms with Crippen LogP contribution in [0.2, 0.25) is 0 Å². The van der Waals surface area contributed by atoms with Gasteiger partial charge in [-0.15, -0.1) is 0 Å². The van der Waals surface area contributed by atoms with Crippen LogP contribution in [0.25, 0.3) is 0 Å². The smallest absolute Gasteiger partial charge is 0.318 e. The third-order valence-electron chi connectivity index (χ3n) is 0.653. The fourth-order valence-corrected chi connectivity index (χ4v) is 0.184. The van der Waals surface area contributed by atoms with Gasteiger partial charge >= 0.3 is 6.03 Å². The lowest BCUT2D eigenvalue weighted by atomic mass is 10.8. The van der Waals surface area contributed by atoms with Crippen LogP contribution in [0, 0.1) is 0 Å². The number of nitrogens with two attached hydrogens (primary N) is 1. The molecule has 0 saturated heterocycles. The maximum atomic E-state index is 9.99. The van der Waals surface area contributed by atoms with Gasteiger partial charge in [-0.25, -0.2) is 4.79 Å². The molecule has 0 fully saturated rings. The molecule has 0 aromatic heterocycles. The summed E-state index contributed by atoms with van der Waals surface area (Å²) in [4.78, 5) is 10.7. The highest BCUT2D eigenvalue weighted by molar-refractivity contribution is 5.71. The molecule has 0 unspecified atom stereocenters. The molecule has 0 atom stereocenters. The maximum Gasteiger partial charge on any atom is 0.318 e. The number of hydrogen-bond acceptors (Lipinski definition) is 3. The van der Waals surface area contributed by atoms with Crippen LogP contribution in [0.15, 0.2) is 0 Å². The van der Waals surface area contributed by atoms with Crippen molar-refractivity contribution in [1.82, 2.24) is 4.90 Å². The summed E-state index contributed by atoms with van der Waals surface area (Å²) >= 11 is 0. The SMILES string of the molecule is NC(=O)N(CO)CO.O. The van der Waals surface area contributed by atoms with E-state index in [2.05, 4.69) is 5.73 Å². The van der Waals surface area contributed by atoms with E-state index in [1.54, 1.807) is 0 Å². The van der Waals surface area contributed by atoms with Gasteiger partial charge in [0.15, 0.2) is 0 Å². The molecule has 9 heavy (non-hydrogen) atoms. The molecular formula is C3H10N2O4. The quantitative estimate of drug-likeness (QED) is 0.364. The Morgan fingerprint density at radius 3 is 1.78 bits per heavy atom. The molecule has 0 aliphatic carbocycles. The number of carbonyl (C=O) groups is 1. The minimum Gasteiger partial charge on any atom is -0.412 e. The highest BCUT2D eigenvalue weighted by Gasteiger charge is 2.02. The summed E-state index contributed by atoms with van der Waals surface area (Å²) < 4.78 is 0. The van der Waals surface area contributed by atoms with Crippen LogP contribution < -0.4 is 5.73 Å². The minimum absolute atomic E-state index is 0. The van der Waals surface area contributed by atoms with Gasteiger partial charge in [0, 0.05) is 0 Å². The van der Waals surface area contributed by atoms with Crippen LogP contribution in [-0.2, 0) is 0 Å². The number of primary amides is 1. The van der Waals surface area contributed by atoms with E-state index < -0.39 is 19.5 Å². The number of amides is 2. The molecule has 6 heteroatoms. The van der Waals surface area contributed by atoms with Crippen molar-refractivity contribution in [3.63, 3.8) is 0 Å². The molecular weight excluding hydrogens is 128 g/mol. The van der Waals surface area contributed by atoms with E-state index in [9.17, 15) is 4.79 Å². The summed E-state index contributed by atoms with van der Waals surface area (Å²) in [6, 6.07) is -0.838. The number of rotatable bonds is 2. The van der Waals surface area contributed by atoms with Crippen LogP contribution in [0.5, 0.6) is 0 Å². The topological polar surface area (TPSA) is 118 Å². The van der Waals surface area contributed by atoms with Crippen LogP contribution in [-0.4, -0.2) is 40.1 Å². The molecule has 0 radical (unpaired) electrons. The zero-order chi connectivity index (χ0) is 6.57. The Kier molecular flexibility index (Phi) is 6.47. The average molecular weight is 138 g/mol. The molecule has 0 aromatic carbocycles. The summed E-state index contributed by atoms with van der Waals surface area (Å²) in [6.45, 7) is -1.10. The Bertz CT molecular complexity index is 81.9. The molecule has 2 amide bonds. The van der Waals surface area contributed by atoms with Gasteiger partial charge in [-0.2, -0.15) is 0 Å². The van der Waals surface area contributed by atoms with E-state index in [1.807, 2.05) is 0 Å². The van der Waals surface area contributed by atoms with Gasteiger partial charge in [0.2, 0.25) is 0 Å². The lowest BCUT2D eigenvalue weighted by molar-refractivity contribution is 0.0608. The first-order valence-corrected chi connectivity index (χ1v) is 1.98. The molecule has 56 valence electrons. The summed E-state index contributed by atoms with van der Waals surface area (Å²) in [6.07, 6.45) is 0. The van der Waals surface area contributed by atoms with Crippen molar-refractivity contribution < 1.29 is 20.5 Å². The van der Waals surface area contributed by atoms with Crippen molar-refractivity contribution in [2.24, 2.45) is 5.73 Å². The number of urea groups is 1. The fraction of sp³-hybridized carbons (Fsp3) is 0.667. The first-order chi connectivity index (χ1) is 3.72. The summed E-state index contributed by atoms with van der Waals surface area (Å²) in [5.41, 5.74) is 4.62. The molecule has 0 bridgehead atoms. The molecule has 0 heterocycles. The third kappa shape index (κ3) is 3.71. The van der Waals surface area contributed by atoms with E-state index in [0.717, 1.165) is 0 Å². The zero-order valence-corrected chi connectivity index (χ0v) is 4.74. The van der Waals surface area contributed by atoms with Crippen molar-refractivity contribution in [3.05, 3.63) is 0 Å². The number of aliphatic hydroxyl groups is 2. The normalized spacial score (nSPS) is 7.78. The number of aliphatic hydroxyl groups excluding tert-OH is 2. The molecule has 0 aromatic rings. The minimum atomic E-state index is -0.838. The van der Waals surface area contributed by atoms with E-state index in [4.69, 9.17) is 10.2 Å². The highest BCUT2D eigenvalue weighted by atomic mass is 16.3. The first kappa shape index (κ1) is 11.0. The molecule has 0 saturated carbocycles. The van der Waals surface area contributed by atoms with Crippen LogP contribution >= 0.6 is 0 Å². The molecule has 6 nitrogen and oxygen atoms in total. The van der Waals surface area contributed by atoms with E-state index in [-0.39, 0.29) is 5.48 Å². The van der Waals surface area contributed by atoms with Gasteiger partial charge in [0.05, 0.1) is 0 Å². The van der Waals surface area contributed by atoms with Gasteiger partial charge in [-0.05, 0) is 0 Å². The zero-order valence-electron chi connectivity index (χ0n) is 4.74. The van der Waals surface area contributed by atoms with Gasteiger partial charge in [-0.1, -0.05) is 0 Å². The van der Waals surface area contributed by atoms with Crippen molar-refractivity contribution in [3.8, 4) is 0 Å². The Morgan fingerprint density at radius 2 is 1.78 bits per heavy atom. The Balaban J connectivity index is 0. The predicted molar refractivity (Wildman–Crippen MR) is 29.2 cm³/mol. The van der Waals surface area contributed by atoms with Crippen molar-refractivity contribution >= 4 is 6.03 Å². The summed E-state index contributed by atoms with van der Waals surface area (Å²) in [5, 5.41) is 16.3. The van der Waals surface area contributed by atoms with Gasteiger partial charge in [0.1, 0.15) is 13.5 Å². The van der Waals surface area contributed by atoms with E-state index in [0.29, 0.717) is 4.90 Å². The van der Waals surface area contributed by atoms with E-state index in [1.165, 1.54) is 0 Å². The first-order valence-electron chi connectivity index (χ1n) is 1.98. The van der Waals surface area contributed by atoms with E-state index >= 15 is 0 Å². The van der Waals surface area contributed by atoms with Crippen LogP contribution in [0.3, 0.4) is 0 Å². The summed E-state index contributed by atoms with van der Waals surface area (Å²) in [5.74, 6) is 0. The highest BCUT2D eigenvalue weighted by Crippen LogP contribution is 1.78. The third-order valence-corrected chi connectivity index (χ3v) is 0.653. The van der Waals surface area contributed by atoms with Crippen molar-refractivity contribution in [2.45, 2.75) is 0 Å². The van der Waals surface area contributed by atoms with Crippen molar-refractivity contribution in [1.29, 1.82) is 0 Å². The molecule has 0 spiro atoms. The summed E-state index contributed by atoms with van der Waals surface area (Å²) in [7, 11) is 0. The average Bonchev–Trinajstić information content (AvgIpc) is 1.69. The van der Waals surface area contributed by atoms with Gasteiger partial charge < -0.3 is 21.4 Å². The second-order valence-electron chi connectivity index (χ2n) is 1.16. The molecule has 0 aliphatic rings. The number of hydrogen-bond donors (Lipinski definition) is 3. The Morgan fingerprint density at radius 1 is 1.44 bits per heavy atom. The van der Waals surface area contributed by atoms with Crippen LogP contribution in [0.4, 0.5) is 4.79 Å². The Hall–Kier alpha value is -0.850. The van der Waals surface area contributed by atoms with Gasteiger partial charge in [-0.3, -0.25) is 4.90 Å². The lowest BCUT2D eigenvalue weighted by Gasteiger charge is -2.11. The molecule has 0 aliphatic heterocycles. The monoisotopic (exact) mass is 138 g/mol. The lowest BCUT2D eigenvalue weighted by Crippen LogP contribution is -2.36. The predicted octanol–water partition coefficient (Wildman–Crippen LogP) is -2.56. The van der Waals surface area contributed by atoms with Crippen molar-refractivity contribution in [2.75, 3.05) is 13.5 Å². The number of nitrogens with zero attached hydrogens (tertiary/aromatic N) is 1. The number of carbonyl (C=O) groups excluding carboxylic acids is 1. The second-order valence-corrected chi connectivity index (χ2v) is 1.16.